The van der Waals surface area contributed by atoms with Gasteiger partial charge in [-0.25, -0.2) is 0 Å². The van der Waals surface area contributed by atoms with Gasteiger partial charge in [-0.15, -0.1) is 0 Å². The Balaban J connectivity index is 1.53. The molecule has 4 nitrogen and oxygen atoms in total. The van der Waals surface area contributed by atoms with Crippen LogP contribution in [0.1, 0.15) is 36.1 Å². The number of nitrogens with one attached hydrogen (secondary N) is 1. The molecule has 1 N–H and O–H groups in total. The van der Waals surface area contributed by atoms with E-state index in [2.05, 4.69) is 5.32 Å². The van der Waals surface area contributed by atoms with Gasteiger partial charge in [0.2, 0.25) is 5.91 Å². The molecular formula is C22H21NO3. The smallest absolute Gasteiger partial charge is 0.232 e. The number of para-hydroxylation sites is 2. The zero-order valence-corrected chi connectivity index (χ0v) is 14.6. The quantitative estimate of drug-likeness (QED) is 0.730. The number of carbonyl (C=O) groups is 1. The van der Waals surface area contributed by atoms with Crippen LogP contribution in [0.3, 0.4) is 0 Å². The highest BCUT2D eigenvalue weighted by Gasteiger charge is 2.32. The van der Waals surface area contributed by atoms with Gasteiger partial charge in [0, 0.05) is 23.6 Å². The maximum absolute atomic E-state index is 13.1. The summed E-state index contributed by atoms with van der Waals surface area (Å²) >= 11 is 0. The molecule has 1 amide bonds. The summed E-state index contributed by atoms with van der Waals surface area (Å²) in [7, 11) is 0. The summed E-state index contributed by atoms with van der Waals surface area (Å²) in [5.74, 6) is 2.07. The van der Waals surface area contributed by atoms with Gasteiger partial charge < -0.3 is 14.5 Å². The number of amides is 1. The van der Waals surface area contributed by atoms with Crippen LogP contribution in [0.25, 0.3) is 0 Å². The second kappa shape index (κ2) is 7.08. The molecule has 4 heteroatoms. The first-order valence-corrected chi connectivity index (χ1v) is 8.91. The van der Waals surface area contributed by atoms with Crippen LogP contribution in [-0.2, 0) is 11.2 Å². The van der Waals surface area contributed by atoms with Gasteiger partial charge >= 0.3 is 0 Å². The van der Waals surface area contributed by atoms with Gasteiger partial charge in [-0.3, -0.25) is 4.79 Å². The van der Waals surface area contributed by atoms with Crippen molar-refractivity contribution in [2.45, 2.75) is 31.7 Å². The fourth-order valence-corrected chi connectivity index (χ4v) is 3.40. The Morgan fingerprint density at radius 2 is 1.65 bits per heavy atom. The van der Waals surface area contributed by atoms with Crippen molar-refractivity contribution in [1.29, 1.82) is 0 Å². The van der Waals surface area contributed by atoms with Crippen LogP contribution in [-0.4, -0.2) is 11.9 Å². The SMILES string of the molecule is C[C@@H](CCc1ccco1)NC(=O)C1c2ccccc2Oc2ccccc21. The summed E-state index contributed by atoms with van der Waals surface area (Å²) in [4.78, 5) is 13.1. The standard InChI is InChI=1S/C22H21NO3/c1-15(12-13-16-7-6-14-25-16)23-22(24)21-17-8-2-4-10-19(17)26-20-11-5-3-9-18(20)21/h2-11,14-15,21H,12-13H2,1H3,(H,23,24)/t15-/m0/s1. The molecule has 0 spiro atoms. The third-order valence-corrected chi connectivity index (χ3v) is 4.73. The lowest BCUT2D eigenvalue weighted by Crippen LogP contribution is -2.37. The molecule has 0 aliphatic carbocycles. The molecule has 4 rings (SSSR count). The fourth-order valence-electron chi connectivity index (χ4n) is 3.40. The molecule has 0 fully saturated rings. The Morgan fingerprint density at radius 1 is 1.00 bits per heavy atom. The van der Waals surface area contributed by atoms with Crippen molar-refractivity contribution in [1.82, 2.24) is 5.32 Å². The van der Waals surface area contributed by atoms with Crippen LogP contribution in [0.15, 0.2) is 71.3 Å². The first-order chi connectivity index (χ1) is 12.7. The van der Waals surface area contributed by atoms with Crippen molar-refractivity contribution < 1.29 is 13.9 Å². The summed E-state index contributed by atoms with van der Waals surface area (Å²) in [6, 6.07) is 19.4. The van der Waals surface area contributed by atoms with E-state index in [9.17, 15) is 4.79 Å². The average molecular weight is 347 g/mol. The molecule has 1 atom stereocenters. The molecule has 1 aliphatic heterocycles. The Labute approximate surface area is 152 Å². The Hall–Kier alpha value is -3.01. The van der Waals surface area contributed by atoms with E-state index >= 15 is 0 Å². The Morgan fingerprint density at radius 3 is 2.27 bits per heavy atom. The Bertz CT molecular complexity index is 856. The fraction of sp³-hybridized carbons (Fsp3) is 0.227. The Kier molecular flexibility index (Phi) is 4.48. The molecule has 2 heterocycles. The highest BCUT2D eigenvalue weighted by molar-refractivity contribution is 5.89. The van der Waals surface area contributed by atoms with Crippen LogP contribution >= 0.6 is 0 Å². The molecular weight excluding hydrogens is 326 g/mol. The van der Waals surface area contributed by atoms with Gasteiger partial charge in [0.25, 0.3) is 0 Å². The second-order valence-electron chi connectivity index (χ2n) is 6.64. The monoisotopic (exact) mass is 347 g/mol. The van der Waals surface area contributed by atoms with Crippen molar-refractivity contribution in [3.63, 3.8) is 0 Å². The van der Waals surface area contributed by atoms with Gasteiger partial charge in [0.15, 0.2) is 0 Å². The minimum atomic E-state index is -0.359. The normalized spacial score (nSPS) is 14.0. The number of ether oxygens (including phenoxy) is 1. The summed E-state index contributed by atoms with van der Waals surface area (Å²) in [6.45, 7) is 2.03. The maximum atomic E-state index is 13.1. The van der Waals surface area contributed by atoms with E-state index in [4.69, 9.17) is 9.15 Å². The van der Waals surface area contributed by atoms with Crippen molar-refractivity contribution in [3.8, 4) is 11.5 Å². The lowest BCUT2D eigenvalue weighted by atomic mass is 9.87. The van der Waals surface area contributed by atoms with E-state index in [1.165, 1.54) is 0 Å². The molecule has 132 valence electrons. The van der Waals surface area contributed by atoms with Crippen LogP contribution < -0.4 is 10.1 Å². The van der Waals surface area contributed by atoms with Gasteiger partial charge in [-0.2, -0.15) is 0 Å². The molecule has 0 bridgehead atoms. The minimum absolute atomic E-state index is 0.000134. The first-order valence-electron chi connectivity index (χ1n) is 8.91. The third-order valence-electron chi connectivity index (χ3n) is 4.73. The number of furan rings is 1. The zero-order chi connectivity index (χ0) is 17.9. The summed E-state index contributed by atoms with van der Waals surface area (Å²) in [5.41, 5.74) is 1.81. The minimum Gasteiger partial charge on any atom is -0.469 e. The first kappa shape index (κ1) is 16.5. The molecule has 3 aromatic rings. The van der Waals surface area contributed by atoms with Gasteiger partial charge in [-0.1, -0.05) is 36.4 Å². The number of hydrogen-bond donors (Lipinski definition) is 1. The number of fused-ring (bicyclic) bond motifs is 2. The van der Waals surface area contributed by atoms with Gasteiger partial charge in [0.05, 0.1) is 12.2 Å². The zero-order valence-electron chi connectivity index (χ0n) is 14.6. The highest BCUT2D eigenvalue weighted by atomic mass is 16.5. The number of aryl methyl sites for hydroxylation is 1. The molecule has 0 saturated heterocycles. The van der Waals surface area contributed by atoms with E-state index < -0.39 is 0 Å². The van der Waals surface area contributed by atoms with Gasteiger partial charge in [-0.05, 0) is 37.6 Å². The largest absolute Gasteiger partial charge is 0.469 e. The van der Waals surface area contributed by atoms with Crippen LogP contribution in [0.5, 0.6) is 11.5 Å². The second-order valence-corrected chi connectivity index (χ2v) is 6.64. The van der Waals surface area contributed by atoms with Crippen molar-refractivity contribution >= 4 is 5.91 Å². The van der Waals surface area contributed by atoms with Crippen molar-refractivity contribution in [3.05, 3.63) is 83.8 Å². The summed E-state index contributed by atoms with van der Waals surface area (Å²) < 4.78 is 11.3. The third kappa shape index (κ3) is 3.23. The van der Waals surface area contributed by atoms with E-state index in [0.717, 1.165) is 41.2 Å². The van der Waals surface area contributed by atoms with E-state index in [1.54, 1.807) is 6.26 Å². The summed E-state index contributed by atoms with van der Waals surface area (Å²) in [5, 5.41) is 3.16. The van der Waals surface area contributed by atoms with Crippen molar-refractivity contribution in [2.24, 2.45) is 0 Å². The average Bonchev–Trinajstić information content (AvgIpc) is 3.18. The van der Waals surface area contributed by atoms with Crippen molar-refractivity contribution in [2.75, 3.05) is 0 Å². The molecule has 2 aromatic carbocycles. The van der Waals surface area contributed by atoms with Crippen LogP contribution in [0, 0.1) is 0 Å². The molecule has 26 heavy (non-hydrogen) atoms. The van der Waals surface area contributed by atoms with Gasteiger partial charge in [0.1, 0.15) is 17.3 Å². The molecule has 0 saturated carbocycles. The predicted octanol–water partition coefficient (Wildman–Crippen LogP) is 4.65. The molecule has 0 radical (unpaired) electrons. The predicted molar refractivity (Wildman–Crippen MR) is 99.4 cm³/mol. The number of carbonyl (C=O) groups excluding carboxylic acids is 1. The topological polar surface area (TPSA) is 51.5 Å². The van der Waals surface area contributed by atoms with E-state index in [-0.39, 0.29) is 17.9 Å². The summed E-state index contributed by atoms with van der Waals surface area (Å²) in [6.07, 6.45) is 3.30. The molecule has 1 aliphatic rings. The highest BCUT2D eigenvalue weighted by Crippen LogP contribution is 2.43. The van der Waals surface area contributed by atoms with Crippen LogP contribution in [0.4, 0.5) is 0 Å². The number of hydrogen-bond acceptors (Lipinski definition) is 3. The lowest BCUT2D eigenvalue weighted by Gasteiger charge is -2.28. The maximum Gasteiger partial charge on any atom is 0.232 e. The van der Waals surface area contributed by atoms with E-state index in [1.807, 2.05) is 67.6 Å². The number of rotatable bonds is 5. The molecule has 0 unspecified atom stereocenters. The molecule has 1 aromatic heterocycles. The lowest BCUT2D eigenvalue weighted by molar-refractivity contribution is -0.122. The number of benzene rings is 2. The van der Waals surface area contributed by atoms with E-state index in [0.29, 0.717) is 0 Å². The van der Waals surface area contributed by atoms with Crippen LogP contribution in [0.2, 0.25) is 0 Å².